The molecule has 0 spiro atoms. The highest BCUT2D eigenvalue weighted by Gasteiger charge is 2.19. The number of benzene rings is 2. The Bertz CT molecular complexity index is 1210. The number of carboxylic acids is 1. The SMILES string of the molecule is Cc1cc2oc(=O)c(CC(=O)[O-])c(C)c2c2occ(-c3ccccc3)c12. The summed E-state index contributed by atoms with van der Waals surface area (Å²) in [6.45, 7) is 3.63. The minimum Gasteiger partial charge on any atom is -0.550 e. The second-order valence-corrected chi connectivity index (χ2v) is 6.33. The molecule has 0 bridgehead atoms. The normalized spacial score (nSPS) is 11.3. The van der Waals surface area contributed by atoms with E-state index in [1.807, 2.05) is 37.3 Å². The summed E-state index contributed by atoms with van der Waals surface area (Å²) in [6.07, 6.45) is 1.18. The van der Waals surface area contributed by atoms with Gasteiger partial charge in [0.2, 0.25) is 0 Å². The summed E-state index contributed by atoms with van der Waals surface area (Å²) < 4.78 is 11.2. The molecule has 0 fully saturated rings. The van der Waals surface area contributed by atoms with E-state index in [0.29, 0.717) is 22.1 Å². The van der Waals surface area contributed by atoms with E-state index < -0.39 is 18.0 Å². The first-order valence-corrected chi connectivity index (χ1v) is 8.19. The third-order valence-electron chi connectivity index (χ3n) is 4.69. The van der Waals surface area contributed by atoms with Crippen LogP contribution in [0.4, 0.5) is 0 Å². The topological polar surface area (TPSA) is 83.5 Å². The third kappa shape index (κ3) is 2.40. The molecule has 0 unspecified atom stereocenters. The number of carboxylic acid groups (broad SMARTS) is 1. The third-order valence-corrected chi connectivity index (χ3v) is 4.69. The lowest BCUT2D eigenvalue weighted by Crippen LogP contribution is -2.27. The number of hydrogen-bond acceptors (Lipinski definition) is 5. The van der Waals surface area contributed by atoms with Gasteiger partial charge in [-0.1, -0.05) is 30.3 Å². The molecule has 0 atom stereocenters. The zero-order valence-electron chi connectivity index (χ0n) is 14.3. The molecule has 0 aliphatic rings. The molecule has 4 aromatic rings. The first-order valence-electron chi connectivity index (χ1n) is 8.19. The van der Waals surface area contributed by atoms with Crippen LogP contribution in [0.1, 0.15) is 16.7 Å². The van der Waals surface area contributed by atoms with Crippen LogP contribution in [0.25, 0.3) is 33.1 Å². The lowest BCUT2D eigenvalue weighted by molar-refractivity contribution is -0.304. The second-order valence-electron chi connectivity index (χ2n) is 6.33. The zero-order valence-corrected chi connectivity index (χ0v) is 14.3. The van der Waals surface area contributed by atoms with E-state index in [4.69, 9.17) is 8.83 Å². The summed E-state index contributed by atoms with van der Waals surface area (Å²) in [6, 6.07) is 11.6. The van der Waals surface area contributed by atoms with Crippen molar-refractivity contribution in [2.45, 2.75) is 20.3 Å². The van der Waals surface area contributed by atoms with E-state index >= 15 is 0 Å². The Morgan fingerprint density at radius 1 is 1.12 bits per heavy atom. The molecule has 0 radical (unpaired) electrons. The van der Waals surface area contributed by atoms with Gasteiger partial charge in [0, 0.05) is 28.9 Å². The van der Waals surface area contributed by atoms with E-state index in [9.17, 15) is 14.7 Å². The molecule has 0 N–H and O–H groups in total. The number of aryl methyl sites for hydroxylation is 2. The molecule has 2 aromatic carbocycles. The number of carbonyl (C=O) groups excluding carboxylic acids is 1. The monoisotopic (exact) mass is 347 g/mol. The number of furan rings is 1. The zero-order chi connectivity index (χ0) is 18.4. The Kier molecular flexibility index (Phi) is 3.65. The Hall–Kier alpha value is -3.34. The predicted octanol–water partition coefficient (Wildman–Crippen LogP) is 3.12. The maximum atomic E-state index is 12.2. The van der Waals surface area contributed by atoms with Crippen molar-refractivity contribution in [1.29, 1.82) is 0 Å². The average molecular weight is 347 g/mol. The van der Waals surface area contributed by atoms with Gasteiger partial charge in [0.1, 0.15) is 11.2 Å². The minimum absolute atomic E-state index is 0.0836. The van der Waals surface area contributed by atoms with Crippen molar-refractivity contribution in [2.75, 3.05) is 0 Å². The quantitative estimate of drug-likeness (QED) is 0.532. The number of hydrogen-bond donors (Lipinski definition) is 0. The average Bonchev–Trinajstić information content (AvgIpc) is 3.04. The molecule has 5 nitrogen and oxygen atoms in total. The molecule has 0 amide bonds. The lowest BCUT2D eigenvalue weighted by atomic mass is 9.96. The van der Waals surface area contributed by atoms with Gasteiger partial charge in [0.05, 0.1) is 11.6 Å². The van der Waals surface area contributed by atoms with Crippen LogP contribution in [-0.2, 0) is 11.2 Å². The summed E-state index contributed by atoms with van der Waals surface area (Å²) in [5, 5.41) is 12.5. The fourth-order valence-corrected chi connectivity index (χ4v) is 3.47. The first kappa shape index (κ1) is 16.1. The smallest absolute Gasteiger partial charge is 0.340 e. The van der Waals surface area contributed by atoms with Crippen LogP contribution in [0.3, 0.4) is 0 Å². The Balaban J connectivity index is 2.11. The van der Waals surface area contributed by atoms with E-state index in [1.54, 1.807) is 19.3 Å². The summed E-state index contributed by atoms with van der Waals surface area (Å²) in [5.74, 6) is -1.33. The van der Waals surface area contributed by atoms with Crippen LogP contribution in [0.2, 0.25) is 0 Å². The maximum Gasteiger partial charge on any atom is 0.340 e. The minimum atomic E-state index is -1.33. The Labute approximate surface area is 148 Å². The van der Waals surface area contributed by atoms with E-state index in [-0.39, 0.29) is 5.56 Å². The van der Waals surface area contributed by atoms with Crippen molar-refractivity contribution < 1.29 is 18.7 Å². The van der Waals surface area contributed by atoms with Crippen LogP contribution < -0.4 is 10.7 Å². The van der Waals surface area contributed by atoms with Gasteiger partial charge < -0.3 is 18.7 Å². The fraction of sp³-hybridized carbons (Fsp3) is 0.143. The summed E-state index contributed by atoms with van der Waals surface area (Å²) in [7, 11) is 0. The highest BCUT2D eigenvalue weighted by atomic mass is 16.4. The van der Waals surface area contributed by atoms with Gasteiger partial charge >= 0.3 is 5.63 Å². The van der Waals surface area contributed by atoms with Crippen molar-refractivity contribution in [3.63, 3.8) is 0 Å². The van der Waals surface area contributed by atoms with Crippen LogP contribution >= 0.6 is 0 Å². The van der Waals surface area contributed by atoms with Crippen LogP contribution in [0, 0.1) is 13.8 Å². The molecule has 0 saturated carbocycles. The Morgan fingerprint density at radius 3 is 2.54 bits per heavy atom. The van der Waals surface area contributed by atoms with Gasteiger partial charge in [-0.25, -0.2) is 4.79 Å². The number of carbonyl (C=O) groups is 1. The number of fused-ring (bicyclic) bond motifs is 3. The summed E-state index contributed by atoms with van der Waals surface area (Å²) in [5.41, 5.74) is 3.79. The lowest BCUT2D eigenvalue weighted by Gasteiger charge is -2.10. The largest absolute Gasteiger partial charge is 0.550 e. The number of aliphatic carboxylic acids is 1. The van der Waals surface area contributed by atoms with Crippen LogP contribution in [-0.4, -0.2) is 5.97 Å². The Morgan fingerprint density at radius 2 is 1.85 bits per heavy atom. The van der Waals surface area contributed by atoms with Crippen molar-refractivity contribution >= 4 is 27.9 Å². The molecule has 4 rings (SSSR count). The van der Waals surface area contributed by atoms with Crippen molar-refractivity contribution in [1.82, 2.24) is 0 Å². The van der Waals surface area contributed by atoms with E-state index in [0.717, 1.165) is 22.1 Å². The fourth-order valence-electron chi connectivity index (χ4n) is 3.47. The molecule has 2 heterocycles. The standard InChI is InChI=1S/C21H16O5/c1-11-8-16-19(12(2)14(9-17(22)23)21(24)26-16)20-18(11)15(10-25-20)13-6-4-3-5-7-13/h3-8,10H,9H2,1-2H3,(H,22,23)/p-1. The van der Waals surface area contributed by atoms with E-state index in [2.05, 4.69) is 0 Å². The first-order chi connectivity index (χ1) is 12.5. The summed E-state index contributed by atoms with van der Waals surface area (Å²) >= 11 is 0. The number of rotatable bonds is 3. The van der Waals surface area contributed by atoms with Gasteiger partial charge in [0.25, 0.3) is 0 Å². The molecule has 0 aliphatic heterocycles. The van der Waals surface area contributed by atoms with Crippen LogP contribution in [0.5, 0.6) is 0 Å². The van der Waals surface area contributed by atoms with Gasteiger partial charge in [-0.3, -0.25) is 0 Å². The second kappa shape index (κ2) is 5.88. The van der Waals surface area contributed by atoms with Gasteiger partial charge in [-0.05, 0) is 36.6 Å². The van der Waals surface area contributed by atoms with Crippen molar-refractivity contribution in [3.05, 3.63) is 69.8 Å². The molecule has 130 valence electrons. The molecule has 2 aromatic heterocycles. The van der Waals surface area contributed by atoms with Crippen molar-refractivity contribution in [3.8, 4) is 11.1 Å². The molecule has 5 heteroatoms. The highest BCUT2D eigenvalue weighted by molar-refractivity contribution is 6.11. The molecule has 26 heavy (non-hydrogen) atoms. The predicted molar refractivity (Wildman–Crippen MR) is 95.9 cm³/mol. The van der Waals surface area contributed by atoms with Crippen LogP contribution in [0.15, 0.2) is 56.3 Å². The molecular formula is C21H15O5-. The molecule has 0 saturated heterocycles. The summed E-state index contributed by atoms with van der Waals surface area (Å²) in [4.78, 5) is 23.2. The van der Waals surface area contributed by atoms with Crippen molar-refractivity contribution in [2.24, 2.45) is 0 Å². The van der Waals surface area contributed by atoms with Gasteiger partial charge in [-0.15, -0.1) is 0 Å². The highest BCUT2D eigenvalue weighted by Crippen LogP contribution is 2.38. The maximum absolute atomic E-state index is 12.2. The van der Waals surface area contributed by atoms with E-state index in [1.165, 1.54) is 0 Å². The van der Waals surface area contributed by atoms with Gasteiger partial charge in [-0.2, -0.15) is 0 Å². The van der Waals surface area contributed by atoms with Gasteiger partial charge in [0.15, 0.2) is 0 Å². The molecular weight excluding hydrogens is 332 g/mol. The molecule has 0 aliphatic carbocycles.